The van der Waals surface area contributed by atoms with E-state index >= 15 is 0 Å². The quantitative estimate of drug-likeness (QED) is 0.655. The SMILES string of the molecule is Nc1cnc(-c2ccc[nH]2)nc1. The van der Waals surface area contributed by atoms with E-state index in [1.165, 1.54) is 0 Å². The van der Waals surface area contributed by atoms with Crippen LogP contribution in [0, 0.1) is 0 Å². The van der Waals surface area contributed by atoms with Crippen LogP contribution in [0.15, 0.2) is 30.7 Å². The molecule has 2 aromatic rings. The molecule has 0 aliphatic heterocycles. The molecule has 3 N–H and O–H groups in total. The number of H-pyrrole nitrogens is 1. The average Bonchev–Trinajstić information content (AvgIpc) is 2.58. The monoisotopic (exact) mass is 160 g/mol. The van der Waals surface area contributed by atoms with Gasteiger partial charge < -0.3 is 10.7 Å². The van der Waals surface area contributed by atoms with E-state index < -0.39 is 0 Å². The number of anilines is 1. The Morgan fingerprint density at radius 3 is 2.58 bits per heavy atom. The van der Waals surface area contributed by atoms with Crippen molar-refractivity contribution in [3.8, 4) is 11.5 Å². The molecule has 0 bridgehead atoms. The predicted octanol–water partition coefficient (Wildman–Crippen LogP) is 1.05. The number of nitrogens with zero attached hydrogens (tertiary/aromatic N) is 2. The lowest BCUT2D eigenvalue weighted by Crippen LogP contribution is -1.91. The van der Waals surface area contributed by atoms with Gasteiger partial charge in [0.2, 0.25) is 0 Å². The Morgan fingerprint density at radius 2 is 2.00 bits per heavy atom. The van der Waals surface area contributed by atoms with Crippen LogP contribution in [0.3, 0.4) is 0 Å². The zero-order valence-corrected chi connectivity index (χ0v) is 6.36. The van der Waals surface area contributed by atoms with Gasteiger partial charge in [0.05, 0.1) is 23.8 Å². The van der Waals surface area contributed by atoms with Gasteiger partial charge in [0, 0.05) is 6.20 Å². The van der Waals surface area contributed by atoms with E-state index in [1.54, 1.807) is 12.4 Å². The molecule has 2 rings (SSSR count). The van der Waals surface area contributed by atoms with Crippen molar-refractivity contribution in [1.29, 1.82) is 0 Å². The van der Waals surface area contributed by atoms with Crippen LogP contribution >= 0.6 is 0 Å². The van der Waals surface area contributed by atoms with E-state index in [-0.39, 0.29) is 0 Å². The Labute approximate surface area is 69.5 Å². The molecule has 0 aliphatic rings. The normalized spacial score (nSPS) is 10.0. The third kappa shape index (κ3) is 1.14. The molecule has 0 atom stereocenters. The van der Waals surface area contributed by atoms with Crippen LogP contribution in [0.2, 0.25) is 0 Å². The molecular weight excluding hydrogens is 152 g/mol. The maximum absolute atomic E-state index is 5.44. The number of rotatable bonds is 1. The Kier molecular flexibility index (Phi) is 1.51. The maximum Gasteiger partial charge on any atom is 0.176 e. The fourth-order valence-electron chi connectivity index (χ4n) is 0.947. The Balaban J connectivity index is 2.43. The minimum Gasteiger partial charge on any atom is -0.396 e. The van der Waals surface area contributed by atoms with Crippen molar-refractivity contribution in [2.24, 2.45) is 0 Å². The van der Waals surface area contributed by atoms with Gasteiger partial charge in [-0.05, 0) is 12.1 Å². The summed E-state index contributed by atoms with van der Waals surface area (Å²) in [5.41, 5.74) is 6.92. The first-order valence-corrected chi connectivity index (χ1v) is 3.57. The highest BCUT2D eigenvalue weighted by Gasteiger charge is 1.98. The molecule has 0 unspecified atom stereocenters. The summed E-state index contributed by atoms with van der Waals surface area (Å²) in [6.45, 7) is 0. The van der Waals surface area contributed by atoms with Crippen molar-refractivity contribution in [2.45, 2.75) is 0 Å². The summed E-state index contributed by atoms with van der Waals surface area (Å²) in [6.07, 6.45) is 5.00. The van der Waals surface area contributed by atoms with Gasteiger partial charge in [-0.3, -0.25) is 0 Å². The highest BCUT2D eigenvalue weighted by Crippen LogP contribution is 2.10. The zero-order chi connectivity index (χ0) is 8.39. The van der Waals surface area contributed by atoms with Crippen LogP contribution in [0.25, 0.3) is 11.5 Å². The van der Waals surface area contributed by atoms with E-state index in [2.05, 4.69) is 15.0 Å². The van der Waals surface area contributed by atoms with Gasteiger partial charge in [0.1, 0.15) is 0 Å². The molecule has 60 valence electrons. The average molecular weight is 160 g/mol. The van der Waals surface area contributed by atoms with E-state index in [0.29, 0.717) is 11.5 Å². The highest BCUT2D eigenvalue weighted by atomic mass is 14.9. The van der Waals surface area contributed by atoms with Crippen LogP contribution < -0.4 is 5.73 Å². The van der Waals surface area contributed by atoms with Gasteiger partial charge in [-0.2, -0.15) is 0 Å². The summed E-state index contributed by atoms with van der Waals surface area (Å²) in [7, 11) is 0. The van der Waals surface area contributed by atoms with Gasteiger partial charge >= 0.3 is 0 Å². The molecule has 0 saturated carbocycles. The molecule has 0 spiro atoms. The third-order valence-electron chi connectivity index (χ3n) is 1.51. The number of aromatic amines is 1. The van der Waals surface area contributed by atoms with E-state index in [4.69, 9.17) is 5.73 Å². The van der Waals surface area contributed by atoms with Crippen molar-refractivity contribution in [1.82, 2.24) is 15.0 Å². The Morgan fingerprint density at radius 1 is 1.25 bits per heavy atom. The fraction of sp³-hybridized carbons (Fsp3) is 0. The maximum atomic E-state index is 5.44. The smallest absolute Gasteiger partial charge is 0.176 e. The largest absolute Gasteiger partial charge is 0.396 e. The van der Waals surface area contributed by atoms with E-state index in [0.717, 1.165) is 5.69 Å². The van der Waals surface area contributed by atoms with Gasteiger partial charge in [-0.1, -0.05) is 0 Å². The fourth-order valence-corrected chi connectivity index (χ4v) is 0.947. The molecular formula is C8H8N4. The first kappa shape index (κ1) is 6.84. The standard InChI is InChI=1S/C8H8N4/c9-6-4-11-8(12-5-6)7-2-1-3-10-7/h1-5,10H,9H2. The van der Waals surface area contributed by atoms with Crippen LogP contribution in [-0.2, 0) is 0 Å². The Hall–Kier alpha value is -1.84. The second-order valence-corrected chi connectivity index (χ2v) is 2.42. The number of hydrogen-bond donors (Lipinski definition) is 2. The van der Waals surface area contributed by atoms with E-state index in [1.807, 2.05) is 18.3 Å². The topological polar surface area (TPSA) is 67.6 Å². The Bertz CT molecular complexity index is 349. The van der Waals surface area contributed by atoms with Crippen LogP contribution in [0.1, 0.15) is 0 Å². The molecule has 0 saturated heterocycles. The number of nitrogen functional groups attached to an aromatic ring is 1. The minimum absolute atomic E-state index is 0.574. The van der Waals surface area contributed by atoms with E-state index in [9.17, 15) is 0 Å². The lowest BCUT2D eigenvalue weighted by Gasteiger charge is -1.95. The lowest BCUT2D eigenvalue weighted by molar-refractivity contribution is 1.16. The molecule has 0 amide bonds. The van der Waals surface area contributed by atoms with Crippen molar-refractivity contribution in [2.75, 3.05) is 5.73 Å². The molecule has 4 heteroatoms. The van der Waals surface area contributed by atoms with Gasteiger partial charge in [0.25, 0.3) is 0 Å². The number of hydrogen-bond acceptors (Lipinski definition) is 3. The summed E-state index contributed by atoms with van der Waals surface area (Å²) in [6, 6.07) is 3.81. The summed E-state index contributed by atoms with van der Waals surface area (Å²) >= 11 is 0. The first-order valence-electron chi connectivity index (χ1n) is 3.57. The second kappa shape index (κ2) is 2.65. The number of nitrogens with one attached hydrogen (secondary N) is 1. The zero-order valence-electron chi connectivity index (χ0n) is 6.36. The van der Waals surface area contributed by atoms with Crippen LogP contribution in [0.4, 0.5) is 5.69 Å². The minimum atomic E-state index is 0.574. The summed E-state index contributed by atoms with van der Waals surface area (Å²) in [5, 5.41) is 0. The molecule has 0 fully saturated rings. The highest BCUT2D eigenvalue weighted by molar-refractivity contribution is 5.50. The first-order chi connectivity index (χ1) is 5.86. The van der Waals surface area contributed by atoms with Crippen molar-refractivity contribution < 1.29 is 0 Å². The third-order valence-corrected chi connectivity index (χ3v) is 1.51. The van der Waals surface area contributed by atoms with Gasteiger partial charge in [-0.25, -0.2) is 9.97 Å². The molecule has 0 aromatic carbocycles. The second-order valence-electron chi connectivity index (χ2n) is 2.42. The number of nitrogens with two attached hydrogens (primary N) is 1. The molecule has 2 aromatic heterocycles. The summed E-state index contributed by atoms with van der Waals surface area (Å²) < 4.78 is 0. The lowest BCUT2D eigenvalue weighted by atomic mass is 10.4. The van der Waals surface area contributed by atoms with Gasteiger partial charge in [0.15, 0.2) is 5.82 Å². The van der Waals surface area contributed by atoms with Crippen LogP contribution in [-0.4, -0.2) is 15.0 Å². The summed E-state index contributed by atoms with van der Waals surface area (Å²) in [5.74, 6) is 0.661. The summed E-state index contributed by atoms with van der Waals surface area (Å²) in [4.78, 5) is 11.1. The molecule has 0 radical (unpaired) electrons. The predicted molar refractivity (Wildman–Crippen MR) is 46.2 cm³/mol. The van der Waals surface area contributed by atoms with Crippen LogP contribution in [0.5, 0.6) is 0 Å². The molecule has 12 heavy (non-hydrogen) atoms. The van der Waals surface area contributed by atoms with Gasteiger partial charge in [-0.15, -0.1) is 0 Å². The molecule has 0 aliphatic carbocycles. The molecule has 4 nitrogen and oxygen atoms in total. The van der Waals surface area contributed by atoms with Crippen molar-refractivity contribution >= 4 is 5.69 Å². The van der Waals surface area contributed by atoms with Crippen molar-refractivity contribution in [3.05, 3.63) is 30.7 Å². The number of aromatic nitrogens is 3. The van der Waals surface area contributed by atoms with Crippen molar-refractivity contribution in [3.63, 3.8) is 0 Å². The molecule has 2 heterocycles.